The van der Waals surface area contributed by atoms with Gasteiger partial charge in [-0.15, -0.1) is 11.3 Å². The molecular formula is C14H9N3OS2. The van der Waals surface area contributed by atoms with Gasteiger partial charge in [-0.25, -0.2) is 9.97 Å². The second kappa shape index (κ2) is 4.31. The minimum atomic E-state index is -0.695. The summed E-state index contributed by atoms with van der Waals surface area (Å²) in [6.07, 6.45) is 1.04. The number of nitrogens with one attached hydrogen (secondary N) is 1. The number of rotatable bonds is 1. The van der Waals surface area contributed by atoms with Gasteiger partial charge in [0.1, 0.15) is 11.1 Å². The molecule has 1 aliphatic rings. The number of benzene rings is 1. The van der Waals surface area contributed by atoms with Gasteiger partial charge < -0.3 is 10.1 Å². The Kier molecular flexibility index (Phi) is 2.56. The normalized spacial score (nSPS) is 15.9. The van der Waals surface area contributed by atoms with Crippen molar-refractivity contribution in [3.63, 3.8) is 0 Å². The summed E-state index contributed by atoms with van der Waals surface area (Å²) in [6, 6.07) is 7.72. The predicted molar refractivity (Wildman–Crippen MR) is 80.0 cm³/mol. The van der Waals surface area contributed by atoms with Gasteiger partial charge in [0.15, 0.2) is 4.77 Å². The Hall–Kier alpha value is -1.89. The molecule has 1 atom stereocenters. The molecule has 2 N–H and O–H groups in total. The first-order valence-corrected chi connectivity index (χ1v) is 7.36. The highest BCUT2D eigenvalue weighted by molar-refractivity contribution is 7.71. The number of aromatic nitrogens is 3. The molecular weight excluding hydrogens is 290 g/mol. The fourth-order valence-corrected chi connectivity index (χ4v) is 3.42. The van der Waals surface area contributed by atoms with Crippen LogP contribution in [0.2, 0.25) is 0 Å². The highest BCUT2D eigenvalue weighted by Gasteiger charge is 2.32. The number of nitrogens with zero attached hydrogens (tertiary/aromatic N) is 2. The first-order chi connectivity index (χ1) is 9.75. The number of H-pyrrole nitrogens is 1. The van der Waals surface area contributed by atoms with E-state index < -0.39 is 6.10 Å². The molecule has 2 heterocycles. The van der Waals surface area contributed by atoms with Crippen molar-refractivity contribution in [2.75, 3.05) is 0 Å². The summed E-state index contributed by atoms with van der Waals surface area (Å²) in [5.74, 6) is 0. The summed E-state index contributed by atoms with van der Waals surface area (Å²) >= 11 is 6.71. The van der Waals surface area contributed by atoms with Crippen LogP contribution >= 0.6 is 23.6 Å². The van der Waals surface area contributed by atoms with Gasteiger partial charge in [-0.3, -0.25) is 0 Å². The van der Waals surface area contributed by atoms with E-state index in [4.69, 9.17) is 12.2 Å². The molecule has 6 heteroatoms. The molecule has 2 aromatic heterocycles. The Morgan fingerprint density at radius 3 is 2.95 bits per heavy atom. The number of hydrogen-bond acceptors (Lipinski definition) is 5. The first-order valence-electron chi connectivity index (χ1n) is 6.07. The molecule has 1 unspecified atom stereocenters. The van der Waals surface area contributed by atoms with Crippen LogP contribution < -0.4 is 0 Å². The number of aliphatic hydroxyl groups excluding tert-OH is 1. The van der Waals surface area contributed by atoms with E-state index in [1.165, 1.54) is 11.3 Å². The molecule has 3 aromatic rings. The second-order valence-corrected chi connectivity index (χ2v) is 5.79. The summed E-state index contributed by atoms with van der Waals surface area (Å²) in [5.41, 5.74) is 4.07. The van der Waals surface area contributed by atoms with E-state index in [1.807, 2.05) is 29.6 Å². The van der Waals surface area contributed by atoms with E-state index in [1.54, 1.807) is 6.20 Å². The Morgan fingerprint density at radius 1 is 1.30 bits per heavy atom. The average Bonchev–Trinajstić information content (AvgIpc) is 3.07. The lowest BCUT2D eigenvalue weighted by Gasteiger charge is -2.09. The quantitative estimate of drug-likeness (QED) is 0.677. The van der Waals surface area contributed by atoms with Gasteiger partial charge in [0.05, 0.1) is 11.4 Å². The van der Waals surface area contributed by atoms with Gasteiger partial charge in [0.25, 0.3) is 0 Å². The van der Waals surface area contributed by atoms with Gasteiger partial charge >= 0.3 is 0 Å². The Labute approximate surface area is 123 Å². The van der Waals surface area contributed by atoms with E-state index in [-0.39, 0.29) is 0 Å². The Balaban J connectivity index is 2.08. The minimum Gasteiger partial charge on any atom is -0.383 e. The van der Waals surface area contributed by atoms with Crippen molar-refractivity contribution >= 4 is 23.6 Å². The van der Waals surface area contributed by atoms with Crippen molar-refractivity contribution in [1.29, 1.82) is 0 Å². The molecule has 0 bridgehead atoms. The lowest BCUT2D eigenvalue weighted by Crippen LogP contribution is -2.00. The van der Waals surface area contributed by atoms with E-state index in [0.717, 1.165) is 33.1 Å². The molecule has 1 aromatic carbocycles. The number of fused-ring (bicyclic) bond motifs is 3. The highest BCUT2D eigenvalue weighted by Crippen LogP contribution is 2.45. The average molecular weight is 299 g/mol. The molecule has 4 rings (SSSR count). The van der Waals surface area contributed by atoms with Crippen molar-refractivity contribution in [3.05, 3.63) is 51.7 Å². The Morgan fingerprint density at radius 2 is 2.15 bits per heavy atom. The molecule has 4 nitrogen and oxygen atoms in total. The van der Waals surface area contributed by atoms with Gasteiger partial charge in [0, 0.05) is 22.7 Å². The van der Waals surface area contributed by atoms with E-state index >= 15 is 0 Å². The summed E-state index contributed by atoms with van der Waals surface area (Å²) in [4.78, 5) is 11.8. The number of aliphatic hydroxyl groups is 1. The van der Waals surface area contributed by atoms with Crippen LogP contribution in [0.1, 0.15) is 17.2 Å². The highest BCUT2D eigenvalue weighted by atomic mass is 32.1. The summed E-state index contributed by atoms with van der Waals surface area (Å²) < 4.78 is 0.401. The predicted octanol–water partition coefficient (Wildman–Crippen LogP) is 3.32. The molecule has 0 amide bonds. The second-order valence-electron chi connectivity index (χ2n) is 4.51. The van der Waals surface area contributed by atoms with E-state index in [0.29, 0.717) is 4.77 Å². The maximum Gasteiger partial charge on any atom is 0.197 e. The maximum atomic E-state index is 10.6. The fraction of sp³-hybridized carbons (Fsp3) is 0.0714. The molecule has 0 saturated heterocycles. The molecule has 0 spiro atoms. The zero-order valence-corrected chi connectivity index (χ0v) is 11.8. The Bertz CT molecular complexity index is 855. The zero-order chi connectivity index (χ0) is 13.7. The van der Waals surface area contributed by atoms with Crippen LogP contribution in [-0.2, 0) is 0 Å². The lowest BCUT2D eigenvalue weighted by atomic mass is 10.1. The fourth-order valence-electron chi connectivity index (χ4n) is 2.58. The largest absolute Gasteiger partial charge is 0.383 e. The van der Waals surface area contributed by atoms with E-state index in [9.17, 15) is 5.11 Å². The molecule has 0 saturated carbocycles. The van der Waals surface area contributed by atoms with Crippen LogP contribution in [-0.4, -0.2) is 20.1 Å². The number of hydrogen-bond donors (Lipinski definition) is 2. The van der Waals surface area contributed by atoms with Crippen LogP contribution in [0.3, 0.4) is 0 Å². The maximum absolute atomic E-state index is 10.6. The number of aromatic amines is 1. The summed E-state index contributed by atoms with van der Waals surface area (Å²) in [6.45, 7) is 0. The molecule has 0 aliphatic heterocycles. The van der Waals surface area contributed by atoms with Crippen molar-refractivity contribution in [3.8, 4) is 22.0 Å². The molecule has 0 fully saturated rings. The van der Waals surface area contributed by atoms with Gasteiger partial charge in [-0.1, -0.05) is 24.3 Å². The van der Waals surface area contributed by atoms with Gasteiger partial charge in [-0.05, 0) is 17.8 Å². The van der Waals surface area contributed by atoms with Crippen LogP contribution in [0, 0.1) is 4.77 Å². The molecule has 1 aliphatic carbocycles. The van der Waals surface area contributed by atoms with Crippen LogP contribution in [0.5, 0.6) is 0 Å². The minimum absolute atomic E-state index is 0.401. The zero-order valence-electron chi connectivity index (χ0n) is 10.2. The number of thiazole rings is 1. The molecule has 0 radical (unpaired) electrons. The van der Waals surface area contributed by atoms with Crippen molar-refractivity contribution in [1.82, 2.24) is 15.0 Å². The molecule has 20 heavy (non-hydrogen) atoms. The lowest BCUT2D eigenvalue weighted by molar-refractivity contribution is 0.225. The summed E-state index contributed by atoms with van der Waals surface area (Å²) in [7, 11) is 0. The first kappa shape index (κ1) is 11.9. The van der Waals surface area contributed by atoms with E-state index in [2.05, 4.69) is 15.0 Å². The van der Waals surface area contributed by atoms with Crippen LogP contribution in [0.25, 0.3) is 22.0 Å². The SMILES string of the molecule is OC1c2ccccc2-c2nc(=S)[nH]c(-c3nccs3)c21. The summed E-state index contributed by atoms with van der Waals surface area (Å²) in [5, 5.41) is 13.3. The van der Waals surface area contributed by atoms with Crippen molar-refractivity contribution in [2.45, 2.75) is 6.10 Å². The molecule has 98 valence electrons. The third-order valence-corrected chi connectivity index (χ3v) is 4.38. The monoisotopic (exact) mass is 299 g/mol. The van der Waals surface area contributed by atoms with Gasteiger partial charge in [-0.2, -0.15) is 0 Å². The van der Waals surface area contributed by atoms with Crippen LogP contribution in [0.4, 0.5) is 0 Å². The van der Waals surface area contributed by atoms with Crippen molar-refractivity contribution < 1.29 is 5.11 Å². The topological polar surface area (TPSA) is 61.8 Å². The standard InChI is InChI=1S/C14H9N3OS2/c18-12-8-4-2-1-3-7(8)10-9(12)11(17-14(19)16-10)13-15-5-6-20-13/h1-6,12,18H,(H,16,17,19). The van der Waals surface area contributed by atoms with Crippen LogP contribution in [0.15, 0.2) is 35.8 Å². The van der Waals surface area contributed by atoms with Crippen molar-refractivity contribution in [2.24, 2.45) is 0 Å². The third-order valence-electron chi connectivity index (χ3n) is 3.40. The third kappa shape index (κ3) is 1.59. The van der Waals surface area contributed by atoms with Gasteiger partial charge in [0.2, 0.25) is 0 Å². The smallest absolute Gasteiger partial charge is 0.197 e.